The number of nitrogens with one attached hydrogen (secondary N) is 1. The van der Waals surface area contributed by atoms with E-state index < -0.39 is 0 Å². The van der Waals surface area contributed by atoms with E-state index in [9.17, 15) is 5.11 Å². The number of methoxy groups -OCH3 is 1. The van der Waals surface area contributed by atoms with Crippen molar-refractivity contribution < 1.29 is 9.84 Å². The maximum Gasteiger partial charge on any atom is 0.160 e. The van der Waals surface area contributed by atoms with E-state index in [4.69, 9.17) is 4.74 Å². The lowest BCUT2D eigenvalue weighted by Crippen LogP contribution is -2.18. The molecule has 0 aliphatic carbocycles. The quantitative estimate of drug-likeness (QED) is 0.878. The highest BCUT2D eigenvalue weighted by Crippen LogP contribution is 2.28. The van der Waals surface area contributed by atoms with Crippen molar-refractivity contribution in [2.75, 3.05) is 7.11 Å². The molecule has 0 saturated heterocycles. The first-order valence-corrected chi connectivity index (χ1v) is 6.61. The monoisotopic (exact) mass is 272 g/mol. The molecule has 1 aromatic carbocycles. The van der Waals surface area contributed by atoms with Gasteiger partial charge in [0.25, 0.3) is 0 Å². The predicted octanol–water partition coefficient (Wildman–Crippen LogP) is 2.96. The van der Waals surface area contributed by atoms with Crippen molar-refractivity contribution in [2.45, 2.75) is 26.4 Å². The molecule has 0 saturated carbocycles. The fourth-order valence-corrected chi connectivity index (χ4v) is 2.03. The van der Waals surface area contributed by atoms with Gasteiger partial charge in [-0.1, -0.05) is 6.07 Å². The van der Waals surface area contributed by atoms with Crippen molar-refractivity contribution in [1.29, 1.82) is 0 Å². The van der Waals surface area contributed by atoms with Gasteiger partial charge in [-0.3, -0.25) is 4.98 Å². The number of aromatic nitrogens is 1. The summed E-state index contributed by atoms with van der Waals surface area (Å²) in [6, 6.07) is 7.56. The normalized spacial score (nSPS) is 12.2. The molecular weight excluding hydrogens is 252 g/mol. The third kappa shape index (κ3) is 3.27. The summed E-state index contributed by atoms with van der Waals surface area (Å²) in [6.45, 7) is 4.91. The summed E-state index contributed by atoms with van der Waals surface area (Å²) in [6.07, 6.45) is 3.68. The predicted molar refractivity (Wildman–Crippen MR) is 78.9 cm³/mol. The summed E-state index contributed by atoms with van der Waals surface area (Å²) in [4.78, 5) is 4.14. The lowest BCUT2D eigenvalue weighted by atomic mass is 10.1. The number of ether oxygens (including phenoxy) is 1. The van der Waals surface area contributed by atoms with Crippen LogP contribution >= 0.6 is 0 Å². The summed E-state index contributed by atoms with van der Waals surface area (Å²) in [5, 5.41) is 13.1. The molecule has 0 fully saturated rings. The average molecular weight is 272 g/mol. The largest absolute Gasteiger partial charge is 0.504 e. The molecule has 1 aromatic heterocycles. The van der Waals surface area contributed by atoms with Gasteiger partial charge in [0.15, 0.2) is 11.5 Å². The number of phenols is 1. The van der Waals surface area contributed by atoms with E-state index in [1.54, 1.807) is 19.4 Å². The molecule has 1 unspecified atom stereocenters. The van der Waals surface area contributed by atoms with Gasteiger partial charge in [0, 0.05) is 25.0 Å². The van der Waals surface area contributed by atoms with E-state index in [0.29, 0.717) is 5.75 Å². The Morgan fingerprint density at radius 1 is 1.35 bits per heavy atom. The Morgan fingerprint density at radius 3 is 2.85 bits per heavy atom. The van der Waals surface area contributed by atoms with Crippen LogP contribution in [0.15, 0.2) is 36.7 Å². The first-order chi connectivity index (χ1) is 9.61. The first kappa shape index (κ1) is 14.3. The van der Waals surface area contributed by atoms with Gasteiger partial charge >= 0.3 is 0 Å². The minimum absolute atomic E-state index is 0.157. The number of nitrogens with zero attached hydrogens (tertiary/aromatic N) is 1. The molecular formula is C16H20N2O2. The van der Waals surface area contributed by atoms with Crippen LogP contribution in [0.3, 0.4) is 0 Å². The minimum atomic E-state index is 0.157. The Hall–Kier alpha value is -2.07. The van der Waals surface area contributed by atoms with Crippen molar-refractivity contribution in [2.24, 2.45) is 0 Å². The molecule has 0 radical (unpaired) electrons. The van der Waals surface area contributed by atoms with E-state index in [1.807, 2.05) is 24.4 Å². The van der Waals surface area contributed by atoms with E-state index in [2.05, 4.69) is 24.1 Å². The Morgan fingerprint density at radius 2 is 2.15 bits per heavy atom. The highest BCUT2D eigenvalue weighted by molar-refractivity contribution is 5.42. The molecule has 0 spiro atoms. The van der Waals surface area contributed by atoms with Gasteiger partial charge in [-0.15, -0.1) is 0 Å². The second kappa shape index (κ2) is 6.39. The van der Waals surface area contributed by atoms with Crippen molar-refractivity contribution in [1.82, 2.24) is 10.3 Å². The number of hydrogen-bond acceptors (Lipinski definition) is 4. The van der Waals surface area contributed by atoms with Crippen LogP contribution in [0.5, 0.6) is 11.5 Å². The zero-order valence-corrected chi connectivity index (χ0v) is 12.1. The molecule has 1 atom stereocenters. The van der Waals surface area contributed by atoms with Crippen LogP contribution in [0, 0.1) is 6.92 Å². The molecule has 2 aromatic rings. The summed E-state index contributed by atoms with van der Waals surface area (Å²) >= 11 is 0. The van der Waals surface area contributed by atoms with Crippen molar-refractivity contribution >= 4 is 0 Å². The number of pyridine rings is 1. The Balaban J connectivity index is 2.05. The van der Waals surface area contributed by atoms with Gasteiger partial charge in [-0.2, -0.15) is 0 Å². The van der Waals surface area contributed by atoms with Crippen LogP contribution in [0.2, 0.25) is 0 Å². The van der Waals surface area contributed by atoms with Gasteiger partial charge in [0.05, 0.1) is 7.11 Å². The Labute approximate surface area is 119 Å². The van der Waals surface area contributed by atoms with E-state index in [-0.39, 0.29) is 11.8 Å². The molecule has 0 bridgehead atoms. The lowest BCUT2D eigenvalue weighted by Gasteiger charge is -2.16. The van der Waals surface area contributed by atoms with Crippen LogP contribution in [-0.4, -0.2) is 17.2 Å². The van der Waals surface area contributed by atoms with Gasteiger partial charge in [0.1, 0.15) is 0 Å². The standard InChI is InChI=1S/C16H20N2O2/c1-11-6-7-17-9-14(11)10-18-12(2)13-4-5-15(19)16(8-13)20-3/h4-9,12,18-19H,10H2,1-3H3. The highest BCUT2D eigenvalue weighted by Gasteiger charge is 2.09. The van der Waals surface area contributed by atoms with Crippen molar-refractivity contribution in [3.8, 4) is 11.5 Å². The maximum atomic E-state index is 9.61. The molecule has 1 heterocycles. The highest BCUT2D eigenvalue weighted by atomic mass is 16.5. The molecule has 4 heteroatoms. The van der Waals surface area contributed by atoms with Gasteiger partial charge < -0.3 is 15.2 Å². The molecule has 2 N–H and O–H groups in total. The van der Waals surface area contributed by atoms with Crippen LogP contribution < -0.4 is 10.1 Å². The van der Waals surface area contributed by atoms with Gasteiger partial charge in [-0.05, 0) is 48.7 Å². The molecule has 0 aliphatic heterocycles. The second-order valence-corrected chi connectivity index (χ2v) is 4.84. The fourth-order valence-electron chi connectivity index (χ4n) is 2.03. The molecule has 0 aliphatic rings. The Kier molecular flexibility index (Phi) is 4.58. The van der Waals surface area contributed by atoms with Crippen LogP contribution in [0.1, 0.15) is 29.7 Å². The SMILES string of the molecule is COc1cc(C(C)NCc2cnccc2C)ccc1O. The lowest BCUT2D eigenvalue weighted by molar-refractivity contribution is 0.372. The zero-order valence-electron chi connectivity index (χ0n) is 12.1. The zero-order chi connectivity index (χ0) is 14.5. The minimum Gasteiger partial charge on any atom is -0.504 e. The third-order valence-electron chi connectivity index (χ3n) is 3.45. The van der Waals surface area contributed by atoms with E-state index in [0.717, 1.165) is 12.1 Å². The maximum absolute atomic E-state index is 9.61. The van der Waals surface area contributed by atoms with Crippen LogP contribution in [0.4, 0.5) is 0 Å². The molecule has 0 amide bonds. The van der Waals surface area contributed by atoms with Gasteiger partial charge in [-0.25, -0.2) is 0 Å². The number of aromatic hydroxyl groups is 1. The van der Waals surface area contributed by atoms with Crippen molar-refractivity contribution in [3.63, 3.8) is 0 Å². The molecule has 20 heavy (non-hydrogen) atoms. The Bertz CT molecular complexity index is 584. The number of aryl methyl sites for hydroxylation is 1. The summed E-state index contributed by atoms with van der Waals surface area (Å²) in [7, 11) is 1.55. The van der Waals surface area contributed by atoms with Crippen LogP contribution in [-0.2, 0) is 6.54 Å². The molecule has 2 rings (SSSR count). The van der Waals surface area contributed by atoms with E-state index in [1.165, 1.54) is 11.1 Å². The molecule has 106 valence electrons. The van der Waals surface area contributed by atoms with Crippen LogP contribution in [0.25, 0.3) is 0 Å². The number of hydrogen-bond donors (Lipinski definition) is 2. The smallest absolute Gasteiger partial charge is 0.160 e. The third-order valence-corrected chi connectivity index (χ3v) is 3.45. The number of phenolic OH excluding ortho intramolecular Hbond substituents is 1. The molecule has 4 nitrogen and oxygen atoms in total. The second-order valence-electron chi connectivity index (χ2n) is 4.84. The first-order valence-electron chi connectivity index (χ1n) is 6.61. The topological polar surface area (TPSA) is 54.4 Å². The fraction of sp³-hybridized carbons (Fsp3) is 0.312. The number of rotatable bonds is 5. The van der Waals surface area contributed by atoms with Crippen molar-refractivity contribution in [3.05, 3.63) is 53.3 Å². The summed E-state index contributed by atoms with van der Waals surface area (Å²) in [5.74, 6) is 0.653. The summed E-state index contributed by atoms with van der Waals surface area (Å²) in [5.41, 5.74) is 3.48. The summed E-state index contributed by atoms with van der Waals surface area (Å²) < 4.78 is 5.13. The van der Waals surface area contributed by atoms with Gasteiger partial charge in [0.2, 0.25) is 0 Å². The number of benzene rings is 1. The van der Waals surface area contributed by atoms with E-state index >= 15 is 0 Å². The average Bonchev–Trinajstić information content (AvgIpc) is 2.46.